The van der Waals surface area contributed by atoms with Gasteiger partial charge in [-0.25, -0.2) is 4.79 Å². The molecule has 0 bridgehead atoms. The molecule has 164 valence electrons. The molecule has 3 unspecified atom stereocenters. The van der Waals surface area contributed by atoms with E-state index in [1.165, 1.54) is 11.6 Å². The first-order valence-electron chi connectivity index (χ1n) is 10.3. The minimum absolute atomic E-state index is 0.150. The summed E-state index contributed by atoms with van der Waals surface area (Å²) in [5.41, 5.74) is 1.65. The predicted octanol–water partition coefficient (Wildman–Crippen LogP) is 1.95. The average Bonchev–Trinajstić information content (AvgIpc) is 2.83. The quantitative estimate of drug-likeness (QED) is 0.617. The third-order valence-corrected chi connectivity index (χ3v) is 6.55. The normalized spacial score (nSPS) is 21.3. The number of anilines is 1. The van der Waals surface area contributed by atoms with E-state index in [2.05, 4.69) is 0 Å². The molecule has 8 nitrogen and oxygen atoms in total. The van der Waals surface area contributed by atoms with Crippen LogP contribution in [0.25, 0.3) is 0 Å². The van der Waals surface area contributed by atoms with Crippen molar-refractivity contribution in [3.05, 3.63) is 86.1 Å². The number of carbonyl (C=O) groups is 1. The van der Waals surface area contributed by atoms with Crippen LogP contribution in [0.4, 0.5) is 5.69 Å². The molecule has 2 aromatic carbocycles. The Balaban J connectivity index is 1.88. The lowest BCUT2D eigenvalue weighted by Gasteiger charge is -2.44. The van der Waals surface area contributed by atoms with Gasteiger partial charge in [-0.15, -0.1) is 0 Å². The lowest BCUT2D eigenvalue weighted by Crippen LogP contribution is -2.51. The van der Waals surface area contributed by atoms with Crippen molar-refractivity contribution >= 4 is 11.6 Å². The van der Waals surface area contributed by atoms with Gasteiger partial charge in [-0.05, 0) is 29.3 Å². The number of aromatic nitrogens is 2. The third kappa shape index (κ3) is 2.65. The number of nitrogens with zero attached hydrogens (tertiary/aromatic N) is 3. The number of ether oxygens (including phenoxy) is 2. The van der Waals surface area contributed by atoms with Crippen LogP contribution in [0.15, 0.2) is 58.1 Å². The summed E-state index contributed by atoms with van der Waals surface area (Å²) in [5.74, 6) is -0.610. The molecule has 8 heteroatoms. The molecule has 0 spiro atoms. The lowest BCUT2D eigenvalue weighted by atomic mass is 9.71. The van der Waals surface area contributed by atoms with E-state index < -0.39 is 29.2 Å². The van der Waals surface area contributed by atoms with Crippen molar-refractivity contribution in [2.24, 2.45) is 20.0 Å². The maximum Gasteiger partial charge on any atom is 0.333 e. The zero-order valence-corrected chi connectivity index (χ0v) is 18.2. The highest BCUT2D eigenvalue weighted by Gasteiger charge is 2.51. The van der Waals surface area contributed by atoms with Crippen LogP contribution in [0.3, 0.4) is 0 Å². The van der Waals surface area contributed by atoms with E-state index in [4.69, 9.17) is 9.47 Å². The average molecular weight is 433 g/mol. The fourth-order valence-electron chi connectivity index (χ4n) is 4.90. The van der Waals surface area contributed by atoms with E-state index in [-0.39, 0.29) is 11.8 Å². The summed E-state index contributed by atoms with van der Waals surface area (Å²) in [5, 5.41) is 0. The first kappa shape index (κ1) is 20.1. The van der Waals surface area contributed by atoms with Crippen molar-refractivity contribution in [1.29, 1.82) is 0 Å². The number of hydrogen-bond donors (Lipinski definition) is 0. The molecule has 0 saturated carbocycles. The molecular formula is C24H23N3O5. The molecule has 2 aliphatic rings. The van der Waals surface area contributed by atoms with E-state index in [0.29, 0.717) is 17.0 Å². The first-order valence-corrected chi connectivity index (χ1v) is 10.3. The summed E-state index contributed by atoms with van der Waals surface area (Å²) in [7, 11) is 6.31. The van der Waals surface area contributed by atoms with Gasteiger partial charge in [0.2, 0.25) is 11.8 Å². The Labute approximate surface area is 184 Å². The van der Waals surface area contributed by atoms with E-state index in [1.807, 2.05) is 42.5 Å². The third-order valence-electron chi connectivity index (χ3n) is 6.55. The molecule has 0 fully saturated rings. The Morgan fingerprint density at radius 3 is 2.34 bits per heavy atom. The molecule has 0 aliphatic carbocycles. The van der Waals surface area contributed by atoms with Crippen LogP contribution in [-0.4, -0.2) is 29.2 Å². The zero-order valence-electron chi connectivity index (χ0n) is 18.2. The summed E-state index contributed by atoms with van der Waals surface area (Å²) >= 11 is 0. The lowest BCUT2D eigenvalue weighted by molar-refractivity contribution is -0.127. The second-order valence-corrected chi connectivity index (χ2v) is 8.20. The Morgan fingerprint density at radius 1 is 0.938 bits per heavy atom. The van der Waals surface area contributed by atoms with Gasteiger partial charge in [-0.3, -0.25) is 18.7 Å². The van der Waals surface area contributed by atoms with Crippen molar-refractivity contribution in [2.45, 2.75) is 12.0 Å². The van der Waals surface area contributed by atoms with E-state index in [0.717, 1.165) is 15.7 Å². The van der Waals surface area contributed by atoms with Crippen molar-refractivity contribution < 1.29 is 14.3 Å². The Kier molecular flexibility index (Phi) is 4.47. The van der Waals surface area contributed by atoms with Gasteiger partial charge in [-0.1, -0.05) is 30.3 Å². The van der Waals surface area contributed by atoms with Gasteiger partial charge in [0.15, 0.2) is 0 Å². The highest BCUT2D eigenvalue weighted by Crippen LogP contribution is 2.53. The molecule has 0 saturated heterocycles. The van der Waals surface area contributed by atoms with Crippen LogP contribution in [0.2, 0.25) is 0 Å². The highest BCUT2D eigenvalue weighted by molar-refractivity contribution is 6.00. The monoisotopic (exact) mass is 433 g/mol. The molecule has 2 aliphatic heterocycles. The topological polar surface area (TPSA) is 82.8 Å². The van der Waals surface area contributed by atoms with Gasteiger partial charge in [-0.2, -0.15) is 0 Å². The van der Waals surface area contributed by atoms with Crippen molar-refractivity contribution in [2.75, 3.05) is 19.1 Å². The molecule has 5 rings (SSSR count). The number of hydrogen-bond acceptors (Lipinski definition) is 5. The molecule has 1 amide bonds. The Bertz CT molecular complexity index is 1360. The number of carbonyl (C=O) groups excluding carboxylic acids is 1. The molecule has 3 aromatic rings. The van der Waals surface area contributed by atoms with Gasteiger partial charge in [0.05, 0.1) is 18.6 Å². The molecule has 0 radical (unpaired) electrons. The van der Waals surface area contributed by atoms with Crippen LogP contribution in [-0.2, 0) is 18.9 Å². The second-order valence-electron chi connectivity index (χ2n) is 8.20. The van der Waals surface area contributed by atoms with Crippen molar-refractivity contribution in [3.63, 3.8) is 0 Å². The van der Waals surface area contributed by atoms with Gasteiger partial charge >= 0.3 is 5.69 Å². The summed E-state index contributed by atoms with van der Waals surface area (Å²) in [6.45, 7) is 0. The van der Waals surface area contributed by atoms with Gasteiger partial charge in [0, 0.05) is 32.7 Å². The van der Waals surface area contributed by atoms with Gasteiger partial charge in [0.1, 0.15) is 11.9 Å². The molecular weight excluding hydrogens is 410 g/mol. The van der Waals surface area contributed by atoms with Crippen molar-refractivity contribution in [3.8, 4) is 11.6 Å². The summed E-state index contributed by atoms with van der Waals surface area (Å²) < 4.78 is 14.1. The van der Waals surface area contributed by atoms with Gasteiger partial charge in [0.25, 0.3) is 5.56 Å². The van der Waals surface area contributed by atoms with Gasteiger partial charge < -0.3 is 14.4 Å². The number of amides is 1. The second kappa shape index (κ2) is 7.12. The van der Waals surface area contributed by atoms with Crippen molar-refractivity contribution in [1.82, 2.24) is 9.13 Å². The predicted molar refractivity (Wildman–Crippen MR) is 118 cm³/mol. The van der Waals surface area contributed by atoms with Crippen LogP contribution in [0.5, 0.6) is 11.6 Å². The smallest absolute Gasteiger partial charge is 0.333 e. The number of rotatable bonds is 2. The molecule has 1 aromatic heterocycles. The number of methoxy groups -OCH3 is 1. The largest absolute Gasteiger partial charge is 0.497 e. The number of benzene rings is 2. The van der Waals surface area contributed by atoms with E-state index >= 15 is 0 Å². The highest BCUT2D eigenvalue weighted by atomic mass is 16.5. The van der Waals surface area contributed by atoms with Crippen LogP contribution < -0.4 is 25.6 Å². The minimum Gasteiger partial charge on any atom is -0.497 e. The standard InChI is InChI=1S/C24H23N3O5/c1-25-16-11-10-14(31-4)12-15(16)17-18(21(25)28)20(13-8-6-5-7-9-13)32-23-19(17)22(29)26(2)24(30)27(23)3/h5-12,17-18,20H,1-4H3. The SMILES string of the molecule is COc1ccc2c(c1)C1c3c(n(C)c(=O)n(C)c3=O)OC(c3ccccc3)C1C(=O)N2C. The first-order chi connectivity index (χ1) is 15.3. The molecule has 3 heterocycles. The molecule has 3 atom stereocenters. The van der Waals surface area contributed by atoms with E-state index in [9.17, 15) is 14.4 Å². The van der Waals surface area contributed by atoms with Crippen LogP contribution >= 0.6 is 0 Å². The maximum absolute atomic E-state index is 13.7. The Hall–Kier alpha value is -3.81. The zero-order chi connectivity index (χ0) is 22.7. The minimum atomic E-state index is -0.681. The molecule has 0 N–H and O–H groups in total. The van der Waals surface area contributed by atoms with Crippen LogP contribution in [0.1, 0.15) is 28.7 Å². The summed E-state index contributed by atoms with van der Waals surface area (Å²) in [6.07, 6.45) is -0.666. The molecule has 32 heavy (non-hydrogen) atoms. The van der Waals surface area contributed by atoms with E-state index in [1.54, 1.807) is 32.2 Å². The Morgan fingerprint density at radius 2 is 1.66 bits per heavy atom. The fourth-order valence-corrected chi connectivity index (χ4v) is 4.90. The van der Waals surface area contributed by atoms with Crippen LogP contribution in [0, 0.1) is 5.92 Å². The maximum atomic E-state index is 13.7. The summed E-state index contributed by atoms with van der Waals surface area (Å²) in [6, 6.07) is 14.9. The summed E-state index contributed by atoms with van der Waals surface area (Å²) in [4.78, 5) is 41.3. The number of fused-ring (bicyclic) bond motifs is 5. The fraction of sp³-hybridized carbons (Fsp3) is 0.292.